The monoisotopic (exact) mass is 265 g/mol. The smallest absolute Gasteiger partial charge is 0.143 e. The molecule has 1 aromatic heterocycles. The predicted octanol–water partition coefficient (Wildman–Crippen LogP) is 2.74. The van der Waals surface area contributed by atoms with E-state index in [9.17, 15) is 4.39 Å². The maximum atomic E-state index is 13.5. The molecule has 1 fully saturated rings. The molecule has 18 heavy (non-hydrogen) atoms. The number of hydrogen-bond donors (Lipinski definition) is 1. The summed E-state index contributed by atoms with van der Waals surface area (Å²) in [4.78, 5) is 4.17. The van der Waals surface area contributed by atoms with Crippen molar-refractivity contribution in [1.82, 2.24) is 14.9 Å². The van der Waals surface area contributed by atoms with Gasteiger partial charge in [-0.2, -0.15) is 0 Å². The lowest BCUT2D eigenvalue weighted by molar-refractivity contribution is 0.625. The third-order valence-electron chi connectivity index (χ3n) is 3.33. The van der Waals surface area contributed by atoms with Crippen LogP contribution >= 0.6 is 11.6 Å². The maximum Gasteiger partial charge on any atom is 0.143 e. The van der Waals surface area contributed by atoms with Gasteiger partial charge in [-0.3, -0.25) is 0 Å². The van der Waals surface area contributed by atoms with Gasteiger partial charge in [0.2, 0.25) is 0 Å². The number of halogens is 2. The van der Waals surface area contributed by atoms with E-state index in [0.717, 1.165) is 30.9 Å². The van der Waals surface area contributed by atoms with Crippen LogP contribution in [-0.2, 0) is 0 Å². The number of benzene rings is 1. The Bertz CT molecular complexity index is 561. The minimum absolute atomic E-state index is 0.142. The molecule has 0 saturated carbocycles. The third-order valence-corrected chi connectivity index (χ3v) is 3.63. The molecule has 1 aliphatic rings. The van der Waals surface area contributed by atoms with Crippen molar-refractivity contribution in [1.29, 1.82) is 0 Å². The Morgan fingerprint density at radius 2 is 2.33 bits per heavy atom. The number of imidazole rings is 1. The highest BCUT2D eigenvalue weighted by molar-refractivity contribution is 6.30. The molecule has 1 N–H and O–H groups in total. The second kappa shape index (κ2) is 4.71. The first kappa shape index (κ1) is 11.7. The highest BCUT2D eigenvalue weighted by Gasteiger charge is 2.20. The van der Waals surface area contributed by atoms with Gasteiger partial charge in [0.25, 0.3) is 0 Å². The summed E-state index contributed by atoms with van der Waals surface area (Å²) in [6.07, 6.45) is 4.66. The summed E-state index contributed by atoms with van der Waals surface area (Å²) in [5, 5.41) is 3.47. The standard InChI is InChI=1S/C13H13ClFN3/c14-11-2-1-10(5-12(11)15)18-8-17-7-13(18)9-3-4-16-6-9/h1-2,5,7-9,16H,3-4,6H2. The Labute approximate surface area is 110 Å². The zero-order chi connectivity index (χ0) is 12.5. The van der Waals surface area contributed by atoms with Crippen molar-refractivity contribution >= 4 is 11.6 Å². The van der Waals surface area contributed by atoms with Crippen LogP contribution in [0.2, 0.25) is 5.02 Å². The van der Waals surface area contributed by atoms with Crippen molar-refractivity contribution in [3.63, 3.8) is 0 Å². The van der Waals surface area contributed by atoms with E-state index in [4.69, 9.17) is 11.6 Å². The Kier molecular flexibility index (Phi) is 3.06. The normalized spacial score (nSPS) is 19.3. The molecule has 1 aromatic carbocycles. The Hall–Kier alpha value is -1.39. The Balaban J connectivity index is 2.00. The summed E-state index contributed by atoms with van der Waals surface area (Å²) in [7, 11) is 0. The topological polar surface area (TPSA) is 29.9 Å². The van der Waals surface area contributed by atoms with E-state index in [1.165, 1.54) is 6.07 Å². The Morgan fingerprint density at radius 3 is 3.06 bits per heavy atom. The third kappa shape index (κ3) is 2.02. The largest absolute Gasteiger partial charge is 0.316 e. The van der Waals surface area contributed by atoms with Gasteiger partial charge < -0.3 is 9.88 Å². The van der Waals surface area contributed by atoms with Crippen molar-refractivity contribution in [3.05, 3.63) is 47.3 Å². The lowest BCUT2D eigenvalue weighted by Crippen LogP contribution is -2.10. The highest BCUT2D eigenvalue weighted by atomic mass is 35.5. The predicted molar refractivity (Wildman–Crippen MR) is 68.8 cm³/mol. The fourth-order valence-corrected chi connectivity index (χ4v) is 2.48. The van der Waals surface area contributed by atoms with E-state index in [1.807, 2.05) is 10.8 Å². The number of nitrogens with zero attached hydrogens (tertiary/aromatic N) is 2. The van der Waals surface area contributed by atoms with E-state index < -0.39 is 5.82 Å². The molecule has 1 aliphatic heterocycles. The van der Waals surface area contributed by atoms with Crippen LogP contribution < -0.4 is 5.32 Å². The van der Waals surface area contributed by atoms with E-state index >= 15 is 0 Å². The number of hydrogen-bond acceptors (Lipinski definition) is 2. The summed E-state index contributed by atoms with van der Waals surface area (Å²) in [6, 6.07) is 4.82. The summed E-state index contributed by atoms with van der Waals surface area (Å²) >= 11 is 5.70. The maximum absolute atomic E-state index is 13.5. The van der Waals surface area contributed by atoms with Crippen LogP contribution in [0.15, 0.2) is 30.7 Å². The van der Waals surface area contributed by atoms with Gasteiger partial charge in [-0.1, -0.05) is 11.6 Å². The molecule has 0 radical (unpaired) electrons. The van der Waals surface area contributed by atoms with Crippen molar-refractivity contribution in [2.24, 2.45) is 0 Å². The molecule has 3 rings (SSSR count). The minimum Gasteiger partial charge on any atom is -0.316 e. The van der Waals surface area contributed by atoms with Gasteiger partial charge in [0.15, 0.2) is 0 Å². The van der Waals surface area contributed by atoms with E-state index in [2.05, 4.69) is 10.3 Å². The Morgan fingerprint density at radius 1 is 1.44 bits per heavy atom. The zero-order valence-corrected chi connectivity index (χ0v) is 10.5. The first-order chi connectivity index (χ1) is 8.75. The zero-order valence-electron chi connectivity index (χ0n) is 9.74. The van der Waals surface area contributed by atoms with E-state index in [-0.39, 0.29) is 5.02 Å². The molecule has 3 nitrogen and oxygen atoms in total. The molecule has 5 heteroatoms. The lowest BCUT2D eigenvalue weighted by Gasteiger charge is -2.13. The van der Waals surface area contributed by atoms with Gasteiger partial charge in [-0.25, -0.2) is 9.37 Å². The second-order valence-corrected chi connectivity index (χ2v) is 4.88. The second-order valence-electron chi connectivity index (χ2n) is 4.48. The van der Waals surface area contributed by atoms with Crippen LogP contribution in [0.25, 0.3) is 5.69 Å². The molecule has 2 aromatic rings. The summed E-state index contributed by atoms with van der Waals surface area (Å²) in [6.45, 7) is 1.96. The SMILES string of the molecule is Fc1cc(-n2cncc2C2CCNC2)ccc1Cl. The molecule has 0 spiro atoms. The van der Waals surface area contributed by atoms with E-state index in [0.29, 0.717) is 5.92 Å². The summed E-state index contributed by atoms with van der Waals surface area (Å²) < 4.78 is 15.4. The van der Waals surface area contributed by atoms with Crippen molar-refractivity contribution in [3.8, 4) is 5.69 Å². The van der Waals surface area contributed by atoms with Crippen LogP contribution in [0.3, 0.4) is 0 Å². The van der Waals surface area contributed by atoms with Crippen molar-refractivity contribution in [2.75, 3.05) is 13.1 Å². The van der Waals surface area contributed by atoms with Crippen LogP contribution in [0.4, 0.5) is 4.39 Å². The van der Waals surface area contributed by atoms with Crippen molar-refractivity contribution in [2.45, 2.75) is 12.3 Å². The van der Waals surface area contributed by atoms with Gasteiger partial charge >= 0.3 is 0 Å². The molecule has 1 unspecified atom stereocenters. The highest BCUT2D eigenvalue weighted by Crippen LogP contribution is 2.26. The molecule has 1 saturated heterocycles. The van der Waals surface area contributed by atoms with Crippen LogP contribution in [0.5, 0.6) is 0 Å². The minimum atomic E-state index is -0.404. The number of rotatable bonds is 2. The fourth-order valence-electron chi connectivity index (χ4n) is 2.37. The van der Waals surface area contributed by atoms with Crippen molar-refractivity contribution < 1.29 is 4.39 Å². The molecule has 0 amide bonds. The first-order valence-corrected chi connectivity index (χ1v) is 6.32. The average molecular weight is 266 g/mol. The first-order valence-electron chi connectivity index (χ1n) is 5.94. The lowest BCUT2D eigenvalue weighted by atomic mass is 10.1. The van der Waals surface area contributed by atoms with Crippen LogP contribution in [0.1, 0.15) is 18.0 Å². The molecule has 2 heterocycles. The van der Waals surface area contributed by atoms with Gasteiger partial charge in [0.05, 0.1) is 11.3 Å². The summed E-state index contributed by atoms with van der Waals surface area (Å²) in [5.74, 6) is 0.0320. The molecular weight excluding hydrogens is 253 g/mol. The summed E-state index contributed by atoms with van der Waals surface area (Å²) in [5.41, 5.74) is 1.87. The number of nitrogens with one attached hydrogen (secondary N) is 1. The van der Waals surface area contributed by atoms with Gasteiger partial charge in [-0.05, 0) is 31.2 Å². The molecular formula is C13H13ClFN3. The van der Waals surface area contributed by atoms with E-state index in [1.54, 1.807) is 18.5 Å². The molecule has 94 valence electrons. The van der Waals surface area contributed by atoms with Gasteiger partial charge in [-0.15, -0.1) is 0 Å². The average Bonchev–Trinajstić information content (AvgIpc) is 3.00. The molecule has 0 bridgehead atoms. The number of aromatic nitrogens is 2. The fraction of sp³-hybridized carbons (Fsp3) is 0.308. The van der Waals surface area contributed by atoms with Gasteiger partial charge in [0, 0.05) is 30.0 Å². The quantitative estimate of drug-likeness (QED) is 0.905. The van der Waals surface area contributed by atoms with Crippen LogP contribution in [0, 0.1) is 5.82 Å². The molecule has 1 atom stereocenters. The molecule has 0 aliphatic carbocycles. The van der Waals surface area contributed by atoms with Gasteiger partial charge in [0.1, 0.15) is 5.82 Å². The van der Waals surface area contributed by atoms with Crippen LogP contribution in [-0.4, -0.2) is 22.6 Å².